The van der Waals surface area contributed by atoms with Crippen LogP contribution in [-0.4, -0.2) is 182 Å². The van der Waals surface area contributed by atoms with Gasteiger partial charge in [-0.15, -0.1) is 0 Å². The van der Waals surface area contributed by atoms with Crippen LogP contribution in [0, 0.1) is 35.0 Å². The monoisotopic (exact) mass is 1730 g/mol. The minimum atomic E-state index is 0.0476. The first-order chi connectivity index (χ1) is 62.8. The van der Waals surface area contributed by atoms with Crippen LogP contribution in [0.5, 0.6) is 5.75 Å². The van der Waals surface area contributed by atoms with Crippen molar-refractivity contribution in [3.8, 4) is 56.3 Å². The van der Waals surface area contributed by atoms with Gasteiger partial charge in [0, 0.05) is 175 Å². The number of hydrogen-bond donors (Lipinski definition) is 4. The first-order valence-corrected chi connectivity index (χ1v) is 45.1. The number of amides is 4. The third-order valence-corrected chi connectivity index (χ3v) is 26.6. The van der Waals surface area contributed by atoms with Crippen LogP contribution < -0.4 is 4.74 Å². The third-order valence-electron chi connectivity index (χ3n) is 26.4. The van der Waals surface area contributed by atoms with Crippen molar-refractivity contribution >= 4 is 78.8 Å². The van der Waals surface area contributed by atoms with Crippen LogP contribution >= 0.6 is 11.6 Å². The van der Waals surface area contributed by atoms with Crippen molar-refractivity contribution in [3.63, 3.8) is 0 Å². The number of benzene rings is 8. The SMILES string of the molecule is COc1ccccc1CCC(=O)N1CCCC(Cn2ncc3cc(-c4cn[nH]c4)ccc32)CC1.N#Cc1ccc(C(=O)N2CCCC(Cn3ncc4cc(-c5cn[nH]c5)ccc43)CC2)cc1.O=C(Cc1cccc(Cl)c1)N1CCCC(Cn2ncc3cc(-c4cn[nH]c4)ccc32)CC1.O=C(c1ccccc1)N1C2CCC1C(Cn1ncc3cc(-c4cn[nH]c4)ccc31)C2. The van der Waals surface area contributed by atoms with Crippen molar-refractivity contribution in [1.82, 2.24) is 99.5 Å². The number of hydrogen-bond acceptors (Lipinski definition) is 14. The van der Waals surface area contributed by atoms with Crippen LogP contribution in [0.15, 0.2) is 250 Å². The predicted octanol–water partition coefficient (Wildman–Crippen LogP) is 18.0. The Bertz CT molecular complexity index is 6490. The highest BCUT2D eigenvalue weighted by atomic mass is 35.5. The number of ether oxygens (including phenoxy) is 1. The molecule has 6 atom stereocenters. The molecule has 2 bridgehead atoms. The van der Waals surface area contributed by atoms with E-state index in [4.69, 9.17) is 21.6 Å². The number of nitrogens with one attached hydrogen (secondary N) is 4. The van der Waals surface area contributed by atoms with E-state index in [1.807, 2.05) is 168 Å². The van der Waals surface area contributed by atoms with E-state index in [1.54, 1.807) is 31.4 Å². The minimum Gasteiger partial charge on any atom is -0.496 e. The minimum absolute atomic E-state index is 0.0476. The molecule has 5 aliphatic rings. The summed E-state index contributed by atoms with van der Waals surface area (Å²) in [6.07, 6.45) is 36.9. The number of aryl methyl sites for hydroxylation is 1. The molecule has 0 radical (unpaired) electrons. The van der Waals surface area contributed by atoms with Gasteiger partial charge in [0.2, 0.25) is 11.8 Å². The van der Waals surface area contributed by atoms with Gasteiger partial charge in [-0.05, 0) is 238 Å². The van der Waals surface area contributed by atoms with E-state index in [2.05, 4.69) is 164 Å². The normalized spacial score (nSPS) is 18.1. The molecule has 5 fully saturated rings. The molecule has 6 unspecified atom stereocenters. The number of aromatic nitrogens is 16. The van der Waals surface area contributed by atoms with Crippen LogP contribution in [0.25, 0.3) is 88.1 Å². The fraction of sp³-hybridized carbons (Fsp3) is 0.317. The maximum absolute atomic E-state index is 13.1. The van der Waals surface area contributed by atoms with Gasteiger partial charge < -0.3 is 24.3 Å². The van der Waals surface area contributed by atoms with Crippen molar-refractivity contribution in [2.45, 2.75) is 135 Å². The van der Waals surface area contributed by atoms with E-state index in [1.165, 1.54) is 0 Å². The zero-order valence-corrected chi connectivity index (χ0v) is 72.6. The van der Waals surface area contributed by atoms with Gasteiger partial charge in [-0.2, -0.15) is 46.1 Å². The average molecular weight is 1730 g/mol. The second kappa shape index (κ2) is 39.6. The van der Waals surface area contributed by atoms with Crippen LogP contribution in [0.2, 0.25) is 5.02 Å². The lowest BCUT2D eigenvalue weighted by atomic mass is 9.89. The molecule has 650 valence electrons. The van der Waals surface area contributed by atoms with Gasteiger partial charge >= 0.3 is 0 Å². The molecule has 5 aliphatic heterocycles. The number of para-hydroxylation sites is 1. The number of rotatable bonds is 20. The molecule has 13 heterocycles. The Morgan fingerprint density at radius 1 is 0.430 bits per heavy atom. The molecular weight excluding hydrogens is 1620 g/mol. The van der Waals surface area contributed by atoms with Gasteiger partial charge in [-0.25, -0.2) is 0 Å². The van der Waals surface area contributed by atoms with E-state index < -0.39 is 0 Å². The summed E-state index contributed by atoms with van der Waals surface area (Å²) in [5.74, 6) is 3.46. The summed E-state index contributed by atoms with van der Waals surface area (Å²) < 4.78 is 13.9. The fourth-order valence-electron chi connectivity index (χ4n) is 19.5. The van der Waals surface area contributed by atoms with Gasteiger partial charge in [0.1, 0.15) is 5.75 Å². The summed E-state index contributed by atoms with van der Waals surface area (Å²) in [5.41, 5.74) is 17.5. The number of likely N-dealkylation sites (tertiary alicyclic amines) is 3. The van der Waals surface area contributed by atoms with Gasteiger partial charge in [0.25, 0.3) is 11.8 Å². The maximum Gasteiger partial charge on any atom is 0.254 e. The van der Waals surface area contributed by atoms with Gasteiger partial charge in [0.15, 0.2) is 0 Å². The van der Waals surface area contributed by atoms with Crippen molar-refractivity contribution in [3.05, 3.63) is 283 Å². The van der Waals surface area contributed by atoms with Crippen molar-refractivity contribution in [1.29, 1.82) is 5.26 Å². The second-order valence-electron chi connectivity index (χ2n) is 34.5. The molecular formula is C101H104ClN21O5. The van der Waals surface area contributed by atoms with Crippen molar-refractivity contribution < 1.29 is 23.9 Å². The summed E-state index contributed by atoms with van der Waals surface area (Å²) in [6, 6.07) is 60.5. The first-order valence-electron chi connectivity index (χ1n) is 44.7. The molecule has 27 heteroatoms. The molecule has 0 spiro atoms. The number of methoxy groups -OCH3 is 1. The highest BCUT2D eigenvalue weighted by molar-refractivity contribution is 6.30. The fourth-order valence-corrected chi connectivity index (χ4v) is 19.7. The summed E-state index contributed by atoms with van der Waals surface area (Å²) >= 11 is 6.07. The number of nitrogens with zero attached hydrogens (tertiary/aromatic N) is 17. The number of fused-ring (bicyclic) bond motifs is 6. The number of halogens is 1. The zero-order chi connectivity index (χ0) is 87.2. The first kappa shape index (κ1) is 84.8. The van der Waals surface area contributed by atoms with Crippen LogP contribution in [-0.2, 0) is 48.6 Å². The number of nitriles is 1. The van der Waals surface area contributed by atoms with E-state index in [9.17, 15) is 19.2 Å². The number of aromatic amines is 4. The Morgan fingerprint density at radius 3 is 1.34 bits per heavy atom. The van der Waals surface area contributed by atoms with Gasteiger partial charge in [0.05, 0.1) is 96.8 Å². The molecule has 21 rings (SSSR count). The molecule has 8 aromatic heterocycles. The number of H-pyrrole nitrogens is 4. The number of carbonyl (C=O) groups excluding carboxylic acids is 4. The van der Waals surface area contributed by atoms with Crippen LogP contribution in [0.4, 0.5) is 0 Å². The summed E-state index contributed by atoms with van der Waals surface area (Å²) in [4.78, 5) is 59.9. The Kier molecular flexibility index (Phi) is 26.3. The Labute approximate surface area is 747 Å². The second-order valence-corrected chi connectivity index (χ2v) is 34.9. The molecule has 16 aromatic rings. The molecule has 4 amide bonds. The molecule has 128 heavy (non-hydrogen) atoms. The lowest BCUT2D eigenvalue weighted by Gasteiger charge is -2.25. The Morgan fingerprint density at radius 2 is 0.875 bits per heavy atom. The predicted molar refractivity (Wildman–Crippen MR) is 496 cm³/mol. The summed E-state index contributed by atoms with van der Waals surface area (Å²) in [5, 5.41) is 60.4. The van der Waals surface area contributed by atoms with Gasteiger partial charge in [-0.1, -0.05) is 84.4 Å². The molecule has 0 aliphatic carbocycles. The summed E-state index contributed by atoms with van der Waals surface area (Å²) in [6.45, 7) is 8.27. The largest absolute Gasteiger partial charge is 0.496 e. The molecule has 8 aromatic carbocycles. The third kappa shape index (κ3) is 19.8. The summed E-state index contributed by atoms with van der Waals surface area (Å²) in [7, 11) is 1.68. The quantitative estimate of drug-likeness (QED) is 0.0552. The molecule has 26 nitrogen and oxygen atoms in total. The van der Waals surface area contributed by atoms with Crippen LogP contribution in [0.1, 0.15) is 121 Å². The smallest absolute Gasteiger partial charge is 0.254 e. The topological polar surface area (TPSA) is 300 Å². The Balaban J connectivity index is 0.000000115. The molecule has 0 saturated carbocycles. The maximum atomic E-state index is 13.1. The van der Waals surface area contributed by atoms with E-state index in [0.717, 1.165) is 253 Å². The van der Waals surface area contributed by atoms with Crippen molar-refractivity contribution in [2.75, 3.05) is 46.4 Å². The van der Waals surface area contributed by atoms with E-state index in [0.29, 0.717) is 71.2 Å². The lowest BCUT2D eigenvalue weighted by molar-refractivity contribution is -0.131. The highest BCUT2D eigenvalue weighted by Crippen LogP contribution is 2.44. The van der Waals surface area contributed by atoms with Crippen LogP contribution in [0.3, 0.4) is 0 Å². The van der Waals surface area contributed by atoms with Gasteiger partial charge in [-0.3, -0.25) is 58.3 Å². The van der Waals surface area contributed by atoms with E-state index >= 15 is 0 Å². The lowest BCUT2D eigenvalue weighted by Crippen LogP contribution is -2.37. The standard InChI is InChI=1S/C27H31N5O2.C25H26ClN5O.C25H24N6O.C24H23N5O/c1-34-26-7-3-2-6-21(26)9-11-27(33)31-13-4-5-20(12-14-31)19-32-25-10-8-22(15-23(25)18-30-32)24-16-28-29-17-24;26-23-5-1-3-19(11-23)12-25(32)30-9-2-4-18(8-10-30)17-31-24-7-6-20(13-21(24)16-29-31)22-14-27-28-15-22;26-13-18-3-5-20(6-4-18)25(32)30-10-1-2-19(9-11-30)17-31-24-8-7-21(12-22(24)16-29-31)23-14-27-28-15-23;30-24(16-4-2-1-3-5-16)29-21-7-9-23(29)19(11-21)15-28-22-8-6-17(10-18(22)14-27-28)20-12-25-26-13-20/h2-3,6-8,10,15-18,20H,4-5,9,11-14,19H2,1H3,(H,28,29);1,3,5-7,11,13-16,18H,2,4,8-10,12,17H2,(H,27,28);3-8,12,14-16,19H,1-2,9-11,17H2,(H,27,28);1-6,8,10,12-14,19,21,23H,7,9,11,15H2,(H,25,26). The Hall–Kier alpha value is -14.1. The average Bonchev–Trinajstić information content (AvgIpc) is 1.60. The van der Waals surface area contributed by atoms with E-state index in [-0.39, 0.29) is 23.6 Å². The molecule has 5 saturated heterocycles. The molecule has 4 N–H and O–H groups in total. The zero-order valence-electron chi connectivity index (χ0n) is 71.8. The van der Waals surface area contributed by atoms with Crippen molar-refractivity contribution in [2.24, 2.45) is 23.7 Å². The number of carbonyl (C=O) groups is 4. The highest BCUT2D eigenvalue weighted by Gasteiger charge is 2.49.